The molecule has 0 spiro atoms. The zero-order chi connectivity index (χ0) is 24.5. The molecule has 1 aromatic heterocycles. The summed E-state index contributed by atoms with van der Waals surface area (Å²) in [7, 11) is 0. The molecule has 3 heterocycles. The van der Waals surface area contributed by atoms with Crippen molar-refractivity contribution in [3.8, 4) is 16.9 Å². The number of furan rings is 1. The van der Waals surface area contributed by atoms with Crippen LogP contribution in [0.2, 0.25) is 0 Å². The highest BCUT2D eigenvalue weighted by molar-refractivity contribution is 6.08. The minimum Gasteiger partial charge on any atom is -0.481 e. The molecule has 2 aliphatic heterocycles. The summed E-state index contributed by atoms with van der Waals surface area (Å²) in [6, 6.07) is 20.6. The van der Waals surface area contributed by atoms with Gasteiger partial charge in [0, 0.05) is 27.9 Å². The van der Waals surface area contributed by atoms with Gasteiger partial charge in [0.2, 0.25) is 0 Å². The van der Waals surface area contributed by atoms with E-state index >= 15 is 0 Å². The van der Waals surface area contributed by atoms with Crippen molar-refractivity contribution in [1.29, 1.82) is 0 Å². The normalized spacial score (nSPS) is 27.1. The molecule has 1 N–H and O–H groups in total. The molecule has 1 fully saturated rings. The zero-order valence-corrected chi connectivity index (χ0v) is 20.7. The first kappa shape index (κ1) is 21.1. The molecule has 4 heteroatoms. The van der Waals surface area contributed by atoms with Crippen LogP contribution in [-0.4, -0.2) is 24.4 Å². The third-order valence-corrected chi connectivity index (χ3v) is 8.33. The first-order valence-electron chi connectivity index (χ1n) is 13.3. The maximum absolute atomic E-state index is 6.38. The van der Waals surface area contributed by atoms with Gasteiger partial charge in [0.05, 0.1) is 18.2 Å². The predicted octanol–water partition coefficient (Wildman–Crippen LogP) is 7.23. The maximum Gasteiger partial charge on any atom is 0.177 e. The summed E-state index contributed by atoms with van der Waals surface area (Å²) >= 11 is 0. The Bertz CT molecular complexity index is 1670. The van der Waals surface area contributed by atoms with Gasteiger partial charge >= 0.3 is 0 Å². The summed E-state index contributed by atoms with van der Waals surface area (Å²) in [4.78, 5) is 2.53. The van der Waals surface area contributed by atoms with E-state index in [2.05, 4.69) is 120 Å². The number of fused-ring (bicyclic) bond motifs is 8. The van der Waals surface area contributed by atoms with Crippen molar-refractivity contribution in [2.75, 3.05) is 4.90 Å². The summed E-state index contributed by atoms with van der Waals surface area (Å²) in [5.41, 5.74) is 6.60. The van der Waals surface area contributed by atoms with E-state index in [1.807, 2.05) is 0 Å². The minimum absolute atomic E-state index is 0.0539. The molecule has 37 heavy (non-hydrogen) atoms. The Labute approximate surface area is 216 Å². The van der Waals surface area contributed by atoms with E-state index in [-0.39, 0.29) is 12.0 Å². The van der Waals surface area contributed by atoms with Gasteiger partial charge in [0.25, 0.3) is 0 Å². The standard InChI is InChI=1S/C33H28N2O2/c1-2-31-34-27-11-4-5-12-28(27)35(31)22-9-7-8-20(18-22)21-14-17-30-26(19-21)25-16-15-24-23-10-3-6-13-29(23)36-32(24)33(25)37-30/h3-19,23,27-29,31,34H,2H2,1H3. The molecule has 0 amide bonds. The average Bonchev–Trinajstić information content (AvgIpc) is 3.63. The summed E-state index contributed by atoms with van der Waals surface area (Å²) in [5.74, 6) is 1.15. The van der Waals surface area contributed by atoms with Crippen LogP contribution in [0.4, 0.5) is 5.69 Å². The lowest BCUT2D eigenvalue weighted by Gasteiger charge is -2.31. The van der Waals surface area contributed by atoms with Crippen LogP contribution < -0.4 is 15.0 Å². The van der Waals surface area contributed by atoms with Crippen LogP contribution >= 0.6 is 0 Å². The number of rotatable bonds is 3. The van der Waals surface area contributed by atoms with Crippen molar-refractivity contribution < 1.29 is 9.15 Å². The Balaban J connectivity index is 1.20. The smallest absolute Gasteiger partial charge is 0.177 e. The number of ether oxygens (including phenoxy) is 1. The van der Waals surface area contributed by atoms with Crippen LogP contribution in [0.25, 0.3) is 33.1 Å². The number of hydrogen-bond acceptors (Lipinski definition) is 4. The van der Waals surface area contributed by atoms with E-state index in [1.165, 1.54) is 22.4 Å². The summed E-state index contributed by atoms with van der Waals surface area (Å²) in [6.07, 6.45) is 18.8. The van der Waals surface area contributed by atoms with E-state index in [0.717, 1.165) is 34.1 Å². The van der Waals surface area contributed by atoms with Gasteiger partial charge in [0.1, 0.15) is 11.7 Å². The van der Waals surface area contributed by atoms with Gasteiger partial charge in [-0.25, -0.2) is 0 Å². The first-order valence-corrected chi connectivity index (χ1v) is 13.3. The largest absolute Gasteiger partial charge is 0.481 e. The van der Waals surface area contributed by atoms with Gasteiger partial charge in [-0.3, -0.25) is 5.32 Å². The Morgan fingerprint density at radius 2 is 1.70 bits per heavy atom. The Morgan fingerprint density at radius 3 is 2.65 bits per heavy atom. The van der Waals surface area contributed by atoms with Crippen LogP contribution in [0.1, 0.15) is 24.8 Å². The van der Waals surface area contributed by atoms with Crippen molar-refractivity contribution in [3.63, 3.8) is 0 Å². The van der Waals surface area contributed by atoms with Gasteiger partial charge in [-0.2, -0.15) is 0 Å². The highest BCUT2D eigenvalue weighted by atomic mass is 16.5. The Kier molecular flexibility index (Phi) is 4.56. The van der Waals surface area contributed by atoms with Gasteiger partial charge < -0.3 is 14.1 Å². The topological polar surface area (TPSA) is 37.6 Å². The lowest BCUT2D eigenvalue weighted by Crippen LogP contribution is -2.38. The number of allylic oxidation sites excluding steroid dienone is 4. The maximum atomic E-state index is 6.38. The molecule has 1 saturated heterocycles. The Morgan fingerprint density at radius 1 is 0.838 bits per heavy atom. The number of benzene rings is 3. The van der Waals surface area contributed by atoms with Crippen LogP contribution in [0, 0.1) is 0 Å². The third-order valence-electron chi connectivity index (χ3n) is 8.33. The average molecular weight is 485 g/mol. The van der Waals surface area contributed by atoms with E-state index in [1.54, 1.807) is 0 Å². The van der Waals surface area contributed by atoms with Crippen LogP contribution in [-0.2, 0) is 0 Å². The fourth-order valence-corrected chi connectivity index (χ4v) is 6.55. The lowest BCUT2D eigenvalue weighted by atomic mass is 9.91. The van der Waals surface area contributed by atoms with Crippen molar-refractivity contribution >= 4 is 27.6 Å². The summed E-state index contributed by atoms with van der Waals surface area (Å²) in [6.45, 7) is 2.25. The second-order valence-corrected chi connectivity index (χ2v) is 10.4. The van der Waals surface area contributed by atoms with Gasteiger partial charge in [-0.1, -0.05) is 73.7 Å². The molecule has 0 bridgehead atoms. The molecule has 4 aromatic rings. The molecule has 3 aromatic carbocycles. The molecule has 4 aliphatic rings. The molecule has 8 rings (SSSR count). The second kappa shape index (κ2) is 7.99. The van der Waals surface area contributed by atoms with E-state index in [0.29, 0.717) is 18.2 Å². The lowest BCUT2D eigenvalue weighted by molar-refractivity contribution is 0.269. The quantitative estimate of drug-likeness (QED) is 0.333. The van der Waals surface area contributed by atoms with Gasteiger partial charge in [-0.15, -0.1) is 0 Å². The molecule has 2 aliphatic carbocycles. The van der Waals surface area contributed by atoms with Crippen molar-refractivity contribution in [2.24, 2.45) is 0 Å². The highest BCUT2D eigenvalue weighted by Crippen LogP contribution is 2.47. The van der Waals surface area contributed by atoms with E-state index in [4.69, 9.17) is 9.15 Å². The molecular weight excluding hydrogens is 456 g/mol. The SMILES string of the molecule is CCC1NC2C=CC=CC2N1c1cccc(-c2ccc3oc4c5c(ccc4c3c2)C2C=CC=CC2O5)c1. The molecule has 5 atom stereocenters. The van der Waals surface area contributed by atoms with E-state index in [9.17, 15) is 0 Å². The van der Waals surface area contributed by atoms with Crippen LogP contribution in [0.5, 0.6) is 5.75 Å². The molecule has 182 valence electrons. The van der Waals surface area contributed by atoms with Gasteiger partial charge in [0.15, 0.2) is 11.3 Å². The summed E-state index contributed by atoms with van der Waals surface area (Å²) < 4.78 is 12.7. The third kappa shape index (κ3) is 3.12. The molecule has 4 nitrogen and oxygen atoms in total. The number of nitrogens with one attached hydrogen (secondary N) is 1. The highest BCUT2D eigenvalue weighted by Gasteiger charge is 2.38. The minimum atomic E-state index is 0.0539. The van der Waals surface area contributed by atoms with Crippen LogP contribution in [0.15, 0.2) is 108 Å². The van der Waals surface area contributed by atoms with E-state index < -0.39 is 0 Å². The molecule has 5 unspecified atom stereocenters. The van der Waals surface area contributed by atoms with Crippen LogP contribution in [0.3, 0.4) is 0 Å². The van der Waals surface area contributed by atoms with Crippen molar-refractivity contribution in [1.82, 2.24) is 5.32 Å². The summed E-state index contributed by atoms with van der Waals surface area (Å²) in [5, 5.41) is 6.02. The zero-order valence-electron chi connectivity index (χ0n) is 20.7. The van der Waals surface area contributed by atoms with Crippen molar-refractivity contribution in [3.05, 3.63) is 109 Å². The second-order valence-electron chi connectivity index (χ2n) is 10.4. The molecular formula is C33H28N2O2. The Hall–Kier alpha value is -4.02. The number of hydrogen-bond donors (Lipinski definition) is 1. The fraction of sp³-hybridized carbons (Fsp3) is 0.212. The fourth-order valence-electron chi connectivity index (χ4n) is 6.55. The first-order chi connectivity index (χ1) is 18.3. The van der Waals surface area contributed by atoms with Crippen molar-refractivity contribution in [2.45, 2.75) is 43.6 Å². The number of anilines is 1. The van der Waals surface area contributed by atoms with Gasteiger partial charge in [-0.05, 0) is 54.0 Å². The molecule has 0 radical (unpaired) electrons. The number of nitrogens with zero attached hydrogens (tertiary/aromatic N) is 1. The monoisotopic (exact) mass is 484 g/mol. The predicted molar refractivity (Wildman–Crippen MR) is 150 cm³/mol. The molecule has 0 saturated carbocycles.